The van der Waals surface area contributed by atoms with Gasteiger partial charge in [-0.15, -0.1) is 24.8 Å². The van der Waals surface area contributed by atoms with Gasteiger partial charge in [0, 0.05) is 44.8 Å². The summed E-state index contributed by atoms with van der Waals surface area (Å²) in [4.78, 5) is 22.5. The topological polar surface area (TPSA) is 82.9 Å². The van der Waals surface area contributed by atoms with Gasteiger partial charge in [0.1, 0.15) is 17.3 Å². The molecule has 2 heterocycles. The number of anilines is 1. The molecule has 1 aliphatic rings. The first kappa shape index (κ1) is 34.5. The molecule has 0 bridgehead atoms. The number of methoxy groups -OCH3 is 1. The van der Waals surface area contributed by atoms with E-state index in [1.165, 1.54) is 0 Å². The molecular weight excluding hydrogens is 632 g/mol. The smallest absolute Gasteiger partial charge is 0.271 e. The molecule has 1 saturated heterocycles. The molecule has 2 N–H and O–H groups in total. The number of nitrogens with one attached hydrogen (secondary N) is 1. The van der Waals surface area contributed by atoms with Crippen LogP contribution in [0.4, 0.5) is 5.69 Å². The Hall–Kier alpha value is -2.98. The Morgan fingerprint density at radius 1 is 0.953 bits per heavy atom. The Bertz CT molecular complexity index is 1510. The molecule has 0 saturated carbocycles. The second kappa shape index (κ2) is 15.7. The summed E-state index contributed by atoms with van der Waals surface area (Å²) >= 11 is 12.6. The minimum absolute atomic E-state index is 0. The molecule has 3 aromatic carbocycles. The van der Waals surface area contributed by atoms with E-state index >= 15 is 0 Å². The number of aromatic nitrogens is 2. The second-order valence-corrected chi connectivity index (χ2v) is 10.8. The number of benzene rings is 3. The molecule has 1 aliphatic heterocycles. The molecule has 1 atom stereocenters. The molecule has 8 nitrogen and oxygen atoms in total. The zero-order chi connectivity index (χ0) is 28.9. The number of imidazole rings is 1. The molecule has 1 unspecified atom stereocenters. The third kappa shape index (κ3) is 7.76. The average molecular weight is 667 g/mol. The highest BCUT2D eigenvalue weighted by atomic mass is 35.5. The summed E-state index contributed by atoms with van der Waals surface area (Å²) in [5.41, 5.74) is 3.56. The van der Waals surface area contributed by atoms with Crippen LogP contribution in [0, 0.1) is 6.92 Å². The molecule has 0 aliphatic carbocycles. The van der Waals surface area contributed by atoms with Crippen molar-refractivity contribution in [1.82, 2.24) is 19.8 Å². The number of para-hydroxylation sites is 2. The number of ether oxygens (including phenoxy) is 1. The van der Waals surface area contributed by atoms with E-state index in [9.17, 15) is 9.90 Å². The monoisotopic (exact) mass is 665 g/mol. The Balaban J connectivity index is 0.00000253. The van der Waals surface area contributed by atoms with Gasteiger partial charge in [0.25, 0.3) is 5.91 Å². The van der Waals surface area contributed by atoms with Gasteiger partial charge >= 0.3 is 0 Å². The number of rotatable bonds is 9. The fourth-order valence-corrected chi connectivity index (χ4v) is 5.59. The number of nitrogens with zero attached hydrogens (tertiary/aromatic N) is 4. The summed E-state index contributed by atoms with van der Waals surface area (Å²) in [6.07, 6.45) is -0.731. The van der Waals surface area contributed by atoms with Crippen LogP contribution in [0.5, 0.6) is 5.75 Å². The van der Waals surface area contributed by atoms with E-state index in [2.05, 4.69) is 15.1 Å². The summed E-state index contributed by atoms with van der Waals surface area (Å²) in [6.45, 7) is 5.47. The summed E-state index contributed by atoms with van der Waals surface area (Å²) in [7, 11) is 1.62. The molecule has 1 amide bonds. The van der Waals surface area contributed by atoms with Crippen molar-refractivity contribution < 1.29 is 14.6 Å². The second-order valence-electron chi connectivity index (χ2n) is 9.97. The van der Waals surface area contributed by atoms with Crippen LogP contribution in [0.2, 0.25) is 10.0 Å². The van der Waals surface area contributed by atoms with Crippen molar-refractivity contribution in [3.8, 4) is 22.8 Å². The van der Waals surface area contributed by atoms with Gasteiger partial charge in [-0.3, -0.25) is 14.3 Å². The van der Waals surface area contributed by atoms with Crippen LogP contribution in [0.3, 0.4) is 0 Å². The SMILES string of the molecule is COc1ccccc1-n1c(-c2ccccc2)nc(C(=O)NCC(O)CN2CCN(c3cccc(Cl)c3Cl)CC2)c1C.Cl.Cl. The summed E-state index contributed by atoms with van der Waals surface area (Å²) in [6, 6.07) is 23.0. The Morgan fingerprint density at radius 2 is 1.60 bits per heavy atom. The number of piperazine rings is 1. The minimum atomic E-state index is -0.731. The zero-order valence-corrected chi connectivity index (χ0v) is 27.0. The number of carbonyl (C=O) groups excluding carboxylic acids is 1. The summed E-state index contributed by atoms with van der Waals surface area (Å²) in [5, 5.41) is 14.7. The fourth-order valence-electron chi connectivity index (χ4n) is 5.17. The van der Waals surface area contributed by atoms with E-state index in [1.54, 1.807) is 13.2 Å². The Kier molecular flexibility index (Phi) is 12.6. The molecule has 4 aromatic rings. The van der Waals surface area contributed by atoms with Crippen molar-refractivity contribution in [2.45, 2.75) is 13.0 Å². The van der Waals surface area contributed by atoms with Crippen molar-refractivity contribution >= 4 is 59.6 Å². The van der Waals surface area contributed by atoms with Gasteiger partial charge in [-0.25, -0.2) is 4.98 Å². The lowest BCUT2D eigenvalue weighted by Gasteiger charge is -2.37. The molecule has 1 fully saturated rings. The molecule has 12 heteroatoms. The largest absolute Gasteiger partial charge is 0.495 e. The first-order valence-electron chi connectivity index (χ1n) is 13.5. The molecule has 0 radical (unpaired) electrons. The predicted octanol–water partition coefficient (Wildman–Crippen LogP) is 5.92. The number of halogens is 4. The highest BCUT2D eigenvalue weighted by molar-refractivity contribution is 6.43. The molecule has 5 rings (SSSR count). The lowest BCUT2D eigenvalue weighted by atomic mass is 10.2. The maximum absolute atomic E-state index is 13.3. The first-order valence-corrected chi connectivity index (χ1v) is 14.3. The van der Waals surface area contributed by atoms with Gasteiger partial charge in [0.05, 0.1) is 40.3 Å². The standard InChI is InChI=1S/C31H33Cl2N5O3.2ClH/c1-21-29(35-30(22-9-4-3-5-10-22)38(21)25-12-6-7-14-27(25)41-2)31(40)34-19-23(39)20-36-15-17-37(18-16-36)26-13-8-11-24(32)28(26)33;;/h3-14,23,39H,15-20H2,1-2H3,(H,34,40);2*1H. The molecule has 1 aromatic heterocycles. The van der Waals surface area contributed by atoms with Crippen LogP contribution in [0.1, 0.15) is 16.2 Å². The van der Waals surface area contributed by atoms with E-state index in [0.29, 0.717) is 39.6 Å². The number of β-amino-alcohol motifs (C(OH)–C–C–N with tert-alkyl or cyclic N) is 1. The zero-order valence-electron chi connectivity index (χ0n) is 23.9. The van der Waals surface area contributed by atoms with E-state index in [-0.39, 0.29) is 37.3 Å². The highest BCUT2D eigenvalue weighted by Gasteiger charge is 2.25. The third-order valence-corrected chi connectivity index (χ3v) is 8.10. The van der Waals surface area contributed by atoms with E-state index < -0.39 is 6.10 Å². The van der Waals surface area contributed by atoms with Crippen molar-refractivity contribution in [2.75, 3.05) is 51.3 Å². The van der Waals surface area contributed by atoms with Gasteiger partial charge in [-0.1, -0.05) is 71.7 Å². The number of aliphatic hydroxyl groups is 1. The quantitative estimate of drug-likeness (QED) is 0.231. The maximum atomic E-state index is 13.3. The van der Waals surface area contributed by atoms with Gasteiger partial charge in [0.2, 0.25) is 0 Å². The lowest BCUT2D eigenvalue weighted by molar-refractivity contribution is 0.0847. The molecule has 0 spiro atoms. The summed E-state index contributed by atoms with van der Waals surface area (Å²) in [5.74, 6) is 0.967. The minimum Gasteiger partial charge on any atom is -0.495 e. The number of carbonyl (C=O) groups is 1. The van der Waals surface area contributed by atoms with Crippen molar-refractivity contribution in [1.29, 1.82) is 0 Å². The lowest BCUT2D eigenvalue weighted by Crippen LogP contribution is -2.50. The van der Waals surface area contributed by atoms with E-state index in [4.69, 9.17) is 32.9 Å². The van der Waals surface area contributed by atoms with Gasteiger partial charge in [-0.2, -0.15) is 0 Å². The predicted molar refractivity (Wildman–Crippen MR) is 178 cm³/mol. The molecular formula is C31H35Cl4N5O3. The Morgan fingerprint density at radius 3 is 2.30 bits per heavy atom. The van der Waals surface area contributed by atoms with Crippen LogP contribution in [-0.4, -0.2) is 77.9 Å². The van der Waals surface area contributed by atoms with E-state index in [0.717, 1.165) is 43.1 Å². The van der Waals surface area contributed by atoms with Crippen LogP contribution >= 0.6 is 48.0 Å². The van der Waals surface area contributed by atoms with Gasteiger partial charge < -0.3 is 20.1 Å². The third-order valence-electron chi connectivity index (χ3n) is 7.29. The van der Waals surface area contributed by atoms with E-state index in [1.807, 2.05) is 78.2 Å². The van der Waals surface area contributed by atoms with Gasteiger partial charge in [0.15, 0.2) is 0 Å². The van der Waals surface area contributed by atoms with Crippen LogP contribution in [0.15, 0.2) is 72.8 Å². The maximum Gasteiger partial charge on any atom is 0.271 e. The molecule has 43 heavy (non-hydrogen) atoms. The fraction of sp³-hybridized carbons (Fsp3) is 0.290. The van der Waals surface area contributed by atoms with Crippen molar-refractivity contribution in [3.63, 3.8) is 0 Å². The van der Waals surface area contributed by atoms with Crippen LogP contribution < -0.4 is 15.0 Å². The number of amides is 1. The van der Waals surface area contributed by atoms with Gasteiger partial charge in [-0.05, 0) is 31.2 Å². The number of aliphatic hydroxyl groups excluding tert-OH is 1. The Labute approximate surface area is 274 Å². The van der Waals surface area contributed by atoms with Crippen molar-refractivity contribution in [3.05, 3.63) is 94.2 Å². The average Bonchev–Trinajstić information content (AvgIpc) is 3.35. The first-order chi connectivity index (χ1) is 19.9. The van der Waals surface area contributed by atoms with Crippen molar-refractivity contribution in [2.24, 2.45) is 0 Å². The van der Waals surface area contributed by atoms with Crippen LogP contribution in [-0.2, 0) is 0 Å². The molecule has 230 valence electrons. The highest BCUT2D eigenvalue weighted by Crippen LogP contribution is 2.33. The normalized spacial score (nSPS) is 13.9. The van der Waals surface area contributed by atoms with Crippen LogP contribution in [0.25, 0.3) is 17.1 Å². The number of hydrogen-bond donors (Lipinski definition) is 2. The number of hydrogen-bond acceptors (Lipinski definition) is 6. The summed E-state index contributed by atoms with van der Waals surface area (Å²) < 4.78 is 7.54.